The minimum Gasteiger partial charge on any atom is -0.507 e. The first kappa shape index (κ1) is 11.2. The van der Waals surface area contributed by atoms with E-state index in [1.165, 1.54) is 18.2 Å². The Labute approximate surface area is 87.9 Å². The van der Waals surface area contributed by atoms with Crippen molar-refractivity contribution in [3.05, 3.63) is 29.3 Å². The summed E-state index contributed by atoms with van der Waals surface area (Å²) < 4.78 is 0. The molecule has 0 atom stereocenters. The third-order valence-electron chi connectivity index (χ3n) is 1.82. The number of carbonyl (C=O) groups is 2. The molecule has 0 spiro atoms. The molecular weight excluding hydrogens is 194 g/mol. The fourth-order valence-electron chi connectivity index (χ4n) is 1.15. The summed E-state index contributed by atoms with van der Waals surface area (Å²) in [6.07, 6.45) is 0.631. The van der Waals surface area contributed by atoms with Gasteiger partial charge in [-0.25, -0.2) is 0 Å². The van der Waals surface area contributed by atoms with Crippen molar-refractivity contribution in [1.82, 2.24) is 5.32 Å². The zero-order valence-electron chi connectivity index (χ0n) is 8.65. The highest BCUT2D eigenvalue weighted by molar-refractivity contribution is 5.98. The van der Waals surface area contributed by atoms with Crippen LogP contribution in [0.5, 0.6) is 5.75 Å². The van der Waals surface area contributed by atoms with Crippen LogP contribution in [0.25, 0.3) is 0 Å². The number of carbonyl (C=O) groups excluding carboxylic acids is 2. The summed E-state index contributed by atoms with van der Waals surface area (Å²) in [5.74, 6) is -0.509. The van der Waals surface area contributed by atoms with E-state index in [4.69, 9.17) is 0 Å². The van der Waals surface area contributed by atoms with Crippen molar-refractivity contribution in [2.75, 3.05) is 0 Å². The van der Waals surface area contributed by atoms with Gasteiger partial charge in [-0.15, -0.1) is 0 Å². The molecule has 0 fully saturated rings. The Morgan fingerprint density at radius 2 is 2.13 bits per heavy atom. The first-order valence-electron chi connectivity index (χ1n) is 4.63. The number of nitrogens with one attached hydrogen (secondary N) is 1. The Morgan fingerprint density at radius 3 is 2.67 bits per heavy atom. The van der Waals surface area contributed by atoms with Gasteiger partial charge in [0.1, 0.15) is 12.0 Å². The lowest BCUT2D eigenvalue weighted by Crippen LogP contribution is -2.30. The van der Waals surface area contributed by atoms with Gasteiger partial charge in [0.05, 0.1) is 5.56 Å². The fraction of sp³-hybridized carbons (Fsp3) is 0.273. The molecular formula is C11H13NO3. The Hall–Kier alpha value is -1.84. The summed E-state index contributed by atoms with van der Waals surface area (Å²) in [4.78, 5) is 22.1. The highest BCUT2D eigenvalue weighted by Gasteiger charge is 2.12. The van der Waals surface area contributed by atoms with Gasteiger partial charge in [0, 0.05) is 11.6 Å². The first-order valence-corrected chi connectivity index (χ1v) is 4.63. The topological polar surface area (TPSA) is 66.4 Å². The number of benzene rings is 1. The van der Waals surface area contributed by atoms with E-state index in [1.807, 2.05) is 13.8 Å². The highest BCUT2D eigenvalue weighted by Crippen LogP contribution is 2.17. The second-order valence-electron chi connectivity index (χ2n) is 3.52. The third-order valence-corrected chi connectivity index (χ3v) is 1.82. The minimum absolute atomic E-state index is 0.0169. The third kappa shape index (κ3) is 2.80. The van der Waals surface area contributed by atoms with Crippen LogP contribution in [0.1, 0.15) is 34.6 Å². The number of aromatic hydroxyl groups is 1. The number of amides is 1. The normalized spacial score (nSPS) is 10.1. The van der Waals surface area contributed by atoms with E-state index in [1.54, 1.807) is 0 Å². The van der Waals surface area contributed by atoms with Gasteiger partial charge in [-0.05, 0) is 32.0 Å². The Balaban J connectivity index is 3.01. The molecule has 1 aromatic rings. The summed E-state index contributed by atoms with van der Waals surface area (Å²) in [7, 11) is 0. The van der Waals surface area contributed by atoms with E-state index >= 15 is 0 Å². The number of hydrogen-bond acceptors (Lipinski definition) is 3. The van der Waals surface area contributed by atoms with Crippen molar-refractivity contribution < 1.29 is 14.7 Å². The molecule has 0 saturated carbocycles. The van der Waals surface area contributed by atoms with Gasteiger partial charge < -0.3 is 10.4 Å². The number of phenols is 1. The van der Waals surface area contributed by atoms with Crippen LogP contribution < -0.4 is 5.32 Å². The standard InChI is InChI=1S/C11H13NO3/c1-7(2)12-11(15)9-5-8(6-13)3-4-10(9)14/h3-7,14H,1-2H3,(H,12,15). The lowest BCUT2D eigenvalue weighted by molar-refractivity contribution is 0.0940. The molecule has 4 heteroatoms. The maximum absolute atomic E-state index is 11.6. The molecule has 1 aromatic carbocycles. The predicted molar refractivity (Wildman–Crippen MR) is 56.1 cm³/mol. The molecule has 1 amide bonds. The van der Waals surface area contributed by atoms with Crippen molar-refractivity contribution in [3.63, 3.8) is 0 Å². The molecule has 0 aliphatic rings. The van der Waals surface area contributed by atoms with E-state index in [2.05, 4.69) is 5.32 Å². The smallest absolute Gasteiger partial charge is 0.255 e. The van der Waals surface area contributed by atoms with E-state index in [0.29, 0.717) is 11.8 Å². The maximum atomic E-state index is 11.6. The van der Waals surface area contributed by atoms with Gasteiger partial charge >= 0.3 is 0 Å². The van der Waals surface area contributed by atoms with Crippen LogP contribution in [-0.2, 0) is 0 Å². The summed E-state index contributed by atoms with van der Waals surface area (Å²) in [5.41, 5.74) is 0.481. The van der Waals surface area contributed by atoms with Gasteiger partial charge in [-0.1, -0.05) is 0 Å². The monoisotopic (exact) mass is 207 g/mol. The van der Waals surface area contributed by atoms with E-state index in [-0.39, 0.29) is 23.3 Å². The average Bonchev–Trinajstić information content (AvgIpc) is 2.17. The van der Waals surface area contributed by atoms with Crippen LogP contribution in [-0.4, -0.2) is 23.3 Å². The molecule has 0 radical (unpaired) electrons. The summed E-state index contributed by atoms with van der Waals surface area (Å²) in [6.45, 7) is 3.64. The predicted octanol–water partition coefficient (Wildman–Crippen LogP) is 1.34. The molecule has 0 aliphatic carbocycles. The van der Waals surface area contributed by atoms with Gasteiger partial charge in [0.2, 0.25) is 0 Å². The van der Waals surface area contributed by atoms with Gasteiger partial charge in [-0.3, -0.25) is 9.59 Å². The Bertz CT molecular complexity index is 385. The van der Waals surface area contributed by atoms with E-state index in [9.17, 15) is 14.7 Å². The molecule has 0 aromatic heterocycles. The largest absolute Gasteiger partial charge is 0.507 e. The molecule has 15 heavy (non-hydrogen) atoms. The first-order chi connectivity index (χ1) is 7.04. The fourth-order valence-corrected chi connectivity index (χ4v) is 1.15. The molecule has 4 nitrogen and oxygen atoms in total. The van der Waals surface area contributed by atoms with Crippen molar-refractivity contribution in [1.29, 1.82) is 0 Å². The molecule has 1 rings (SSSR count). The van der Waals surface area contributed by atoms with Crippen LogP contribution in [0, 0.1) is 0 Å². The molecule has 80 valence electrons. The van der Waals surface area contributed by atoms with Crippen LogP contribution >= 0.6 is 0 Å². The summed E-state index contributed by atoms with van der Waals surface area (Å²) >= 11 is 0. The van der Waals surface area contributed by atoms with Crippen LogP contribution in [0.4, 0.5) is 0 Å². The molecule has 2 N–H and O–H groups in total. The second-order valence-corrected chi connectivity index (χ2v) is 3.52. The van der Waals surface area contributed by atoms with Crippen LogP contribution in [0.2, 0.25) is 0 Å². The molecule has 0 bridgehead atoms. The zero-order chi connectivity index (χ0) is 11.4. The molecule has 0 saturated heterocycles. The quantitative estimate of drug-likeness (QED) is 0.735. The highest BCUT2D eigenvalue weighted by atomic mass is 16.3. The molecule has 0 aliphatic heterocycles. The average molecular weight is 207 g/mol. The minimum atomic E-state index is -0.383. The Kier molecular flexibility index (Phi) is 3.44. The van der Waals surface area contributed by atoms with Gasteiger partial charge in [0.15, 0.2) is 0 Å². The summed E-state index contributed by atoms with van der Waals surface area (Å²) in [5, 5.41) is 12.1. The lowest BCUT2D eigenvalue weighted by Gasteiger charge is -2.09. The summed E-state index contributed by atoms with van der Waals surface area (Å²) in [6, 6.07) is 4.13. The van der Waals surface area contributed by atoms with Gasteiger partial charge in [-0.2, -0.15) is 0 Å². The molecule has 0 heterocycles. The SMILES string of the molecule is CC(C)NC(=O)c1cc(C=O)ccc1O. The second kappa shape index (κ2) is 4.59. The number of hydrogen-bond donors (Lipinski definition) is 2. The van der Waals surface area contributed by atoms with Crippen molar-refractivity contribution in [2.45, 2.75) is 19.9 Å². The lowest BCUT2D eigenvalue weighted by atomic mass is 10.1. The van der Waals surface area contributed by atoms with Crippen LogP contribution in [0.3, 0.4) is 0 Å². The maximum Gasteiger partial charge on any atom is 0.255 e. The van der Waals surface area contributed by atoms with E-state index < -0.39 is 0 Å². The van der Waals surface area contributed by atoms with Gasteiger partial charge in [0.25, 0.3) is 5.91 Å². The number of aldehydes is 1. The zero-order valence-corrected chi connectivity index (χ0v) is 8.65. The Morgan fingerprint density at radius 1 is 1.47 bits per heavy atom. The number of phenolic OH excluding ortho intramolecular Hbond substituents is 1. The van der Waals surface area contributed by atoms with Crippen LogP contribution in [0.15, 0.2) is 18.2 Å². The van der Waals surface area contributed by atoms with Crippen molar-refractivity contribution in [3.8, 4) is 5.75 Å². The van der Waals surface area contributed by atoms with E-state index in [0.717, 1.165) is 0 Å². The number of rotatable bonds is 3. The molecule has 0 unspecified atom stereocenters. The van der Waals surface area contributed by atoms with Crippen molar-refractivity contribution in [2.24, 2.45) is 0 Å². The van der Waals surface area contributed by atoms with Crippen molar-refractivity contribution >= 4 is 12.2 Å².